The molecular weight excluding hydrogens is 452 g/mol. The van der Waals surface area contributed by atoms with Gasteiger partial charge in [-0.25, -0.2) is 9.78 Å². The quantitative estimate of drug-likeness (QED) is 0.204. The molecule has 13 heteroatoms. The number of aromatic amines is 1. The Hall–Kier alpha value is -2.64. The van der Waals surface area contributed by atoms with Crippen molar-refractivity contribution in [3.05, 3.63) is 18.2 Å². The Morgan fingerprint density at radius 3 is 2.58 bits per heavy atom. The van der Waals surface area contributed by atoms with Crippen LogP contribution in [-0.2, 0) is 25.6 Å². The molecule has 5 atom stereocenters. The van der Waals surface area contributed by atoms with Crippen LogP contribution in [0, 0.1) is 0 Å². The molecule has 184 valence electrons. The van der Waals surface area contributed by atoms with Gasteiger partial charge in [0.15, 0.2) is 0 Å². The van der Waals surface area contributed by atoms with Crippen molar-refractivity contribution >= 4 is 35.5 Å². The van der Waals surface area contributed by atoms with Crippen LogP contribution >= 0.6 is 11.8 Å². The van der Waals surface area contributed by atoms with Gasteiger partial charge in [-0.2, -0.15) is 11.8 Å². The summed E-state index contributed by atoms with van der Waals surface area (Å²) in [5.74, 6) is -2.34. The molecule has 2 rings (SSSR count). The van der Waals surface area contributed by atoms with Gasteiger partial charge in [0.1, 0.15) is 24.2 Å². The summed E-state index contributed by atoms with van der Waals surface area (Å²) < 4.78 is 0. The number of aliphatic carboxylic acids is 1. The summed E-state index contributed by atoms with van der Waals surface area (Å²) in [6.07, 6.45) is 4.94. The maximum absolute atomic E-state index is 13.2. The number of imidazole rings is 1. The van der Waals surface area contributed by atoms with Crippen LogP contribution < -0.4 is 16.4 Å². The van der Waals surface area contributed by atoms with Crippen LogP contribution in [0.3, 0.4) is 0 Å². The number of thioether (sulfide) groups is 1. The first-order chi connectivity index (χ1) is 15.6. The number of carbonyl (C=O) groups excluding carboxylic acids is 3. The van der Waals surface area contributed by atoms with Gasteiger partial charge in [0, 0.05) is 24.9 Å². The van der Waals surface area contributed by atoms with Crippen molar-refractivity contribution in [2.24, 2.45) is 5.73 Å². The fraction of sp³-hybridized carbons (Fsp3) is 0.650. The molecule has 0 aromatic carbocycles. The van der Waals surface area contributed by atoms with Crippen LogP contribution in [0.4, 0.5) is 0 Å². The molecule has 3 amide bonds. The summed E-state index contributed by atoms with van der Waals surface area (Å²) in [6.45, 7) is 1.65. The van der Waals surface area contributed by atoms with Crippen LogP contribution in [0.2, 0.25) is 0 Å². The Morgan fingerprint density at radius 2 is 2.00 bits per heavy atom. The molecule has 0 radical (unpaired) electrons. The normalized spacial score (nSPS) is 19.4. The number of nitrogens with two attached hydrogens (primary N) is 1. The van der Waals surface area contributed by atoms with Gasteiger partial charge in [0.05, 0.1) is 12.4 Å². The molecule has 5 unspecified atom stereocenters. The number of hydrogen-bond donors (Lipinski definition) is 6. The predicted molar refractivity (Wildman–Crippen MR) is 121 cm³/mol. The zero-order valence-corrected chi connectivity index (χ0v) is 19.5. The molecule has 0 aliphatic carbocycles. The summed E-state index contributed by atoms with van der Waals surface area (Å²) in [5.41, 5.74) is 6.26. The first kappa shape index (κ1) is 26.6. The molecule has 0 saturated carbocycles. The number of nitrogens with one attached hydrogen (secondary N) is 3. The molecule has 0 bridgehead atoms. The van der Waals surface area contributed by atoms with E-state index in [0.29, 0.717) is 24.3 Å². The highest BCUT2D eigenvalue weighted by Crippen LogP contribution is 2.19. The average molecular weight is 485 g/mol. The zero-order chi connectivity index (χ0) is 24.5. The maximum atomic E-state index is 13.2. The number of aromatic nitrogens is 2. The van der Waals surface area contributed by atoms with Crippen LogP contribution in [0.15, 0.2) is 12.5 Å². The lowest BCUT2D eigenvalue weighted by Crippen LogP contribution is -2.58. The lowest BCUT2D eigenvalue weighted by molar-refractivity contribution is -0.149. The van der Waals surface area contributed by atoms with Gasteiger partial charge < -0.3 is 36.5 Å². The zero-order valence-electron chi connectivity index (χ0n) is 18.7. The highest BCUT2D eigenvalue weighted by Gasteiger charge is 2.38. The summed E-state index contributed by atoms with van der Waals surface area (Å²) >= 11 is 1.48. The standard InChI is InChI=1S/C20H32N6O6S/c1-11(27)16(21)18(29)24-13(5-7-33-2)17(28)25-14(8-12-9-22-10-23-12)19(30)26-6-3-4-15(26)20(31)32/h9-11,13-16,27H,3-8,21H2,1-2H3,(H,22,23)(H,24,29)(H,25,28)(H,31,32). The SMILES string of the molecule is CSCCC(NC(=O)C(N)C(C)O)C(=O)NC(Cc1cnc[nH]1)C(=O)N1CCCC1C(=O)O. The van der Waals surface area contributed by atoms with E-state index in [-0.39, 0.29) is 19.4 Å². The van der Waals surface area contributed by atoms with Gasteiger partial charge in [0.2, 0.25) is 17.7 Å². The molecule has 12 nitrogen and oxygen atoms in total. The van der Waals surface area contributed by atoms with E-state index in [2.05, 4.69) is 20.6 Å². The van der Waals surface area contributed by atoms with E-state index >= 15 is 0 Å². The summed E-state index contributed by atoms with van der Waals surface area (Å²) in [7, 11) is 0. The van der Waals surface area contributed by atoms with E-state index in [4.69, 9.17) is 5.73 Å². The minimum absolute atomic E-state index is 0.0732. The second kappa shape index (κ2) is 12.6. The number of carbonyl (C=O) groups is 4. The van der Waals surface area contributed by atoms with Crippen molar-refractivity contribution in [3.63, 3.8) is 0 Å². The highest BCUT2D eigenvalue weighted by atomic mass is 32.2. The van der Waals surface area contributed by atoms with Crippen LogP contribution in [0.5, 0.6) is 0 Å². The van der Waals surface area contributed by atoms with Crippen molar-refractivity contribution in [3.8, 4) is 0 Å². The van der Waals surface area contributed by atoms with E-state index in [1.807, 2.05) is 6.26 Å². The minimum atomic E-state index is -1.21. The van der Waals surface area contributed by atoms with Gasteiger partial charge in [0.25, 0.3) is 0 Å². The second-order valence-electron chi connectivity index (χ2n) is 7.98. The smallest absolute Gasteiger partial charge is 0.326 e. The lowest BCUT2D eigenvalue weighted by Gasteiger charge is -2.29. The van der Waals surface area contributed by atoms with Gasteiger partial charge in [-0.1, -0.05) is 0 Å². The van der Waals surface area contributed by atoms with Gasteiger partial charge in [-0.05, 0) is 38.2 Å². The van der Waals surface area contributed by atoms with Gasteiger partial charge in [-0.15, -0.1) is 0 Å². The van der Waals surface area contributed by atoms with Crippen molar-refractivity contribution in [1.82, 2.24) is 25.5 Å². The second-order valence-corrected chi connectivity index (χ2v) is 8.96. The molecule has 1 aliphatic rings. The number of likely N-dealkylation sites (tertiary alicyclic amines) is 1. The Labute approximate surface area is 196 Å². The van der Waals surface area contributed by atoms with Gasteiger partial charge in [-0.3, -0.25) is 14.4 Å². The number of aliphatic hydroxyl groups excluding tert-OH is 1. The third-order valence-corrected chi connectivity index (χ3v) is 6.12. The Morgan fingerprint density at radius 1 is 1.30 bits per heavy atom. The molecule has 1 aliphatic heterocycles. The van der Waals surface area contributed by atoms with Crippen molar-refractivity contribution in [2.45, 2.75) is 62.9 Å². The molecular formula is C20H32N6O6S. The van der Waals surface area contributed by atoms with Crippen LogP contribution in [0.1, 0.15) is 31.9 Å². The maximum Gasteiger partial charge on any atom is 0.326 e. The number of aliphatic hydroxyl groups is 1. The molecule has 2 heterocycles. The highest BCUT2D eigenvalue weighted by molar-refractivity contribution is 7.98. The molecule has 1 aromatic heterocycles. The molecule has 7 N–H and O–H groups in total. The Kier molecular flexibility index (Phi) is 10.1. The number of hydrogen-bond acceptors (Lipinski definition) is 8. The number of amides is 3. The topological polar surface area (TPSA) is 191 Å². The third kappa shape index (κ3) is 7.44. The first-order valence-electron chi connectivity index (χ1n) is 10.7. The fourth-order valence-electron chi connectivity index (χ4n) is 3.57. The fourth-order valence-corrected chi connectivity index (χ4v) is 4.04. The van der Waals surface area contributed by atoms with E-state index in [0.717, 1.165) is 0 Å². The van der Waals surface area contributed by atoms with Crippen molar-refractivity contribution in [2.75, 3.05) is 18.6 Å². The number of H-pyrrole nitrogens is 1. The number of rotatable bonds is 12. The van der Waals surface area contributed by atoms with E-state index in [9.17, 15) is 29.4 Å². The molecule has 1 fully saturated rings. The van der Waals surface area contributed by atoms with Crippen molar-refractivity contribution < 1.29 is 29.4 Å². The summed E-state index contributed by atoms with van der Waals surface area (Å²) in [5, 5.41) is 24.2. The van der Waals surface area contributed by atoms with E-state index in [1.165, 1.54) is 36.1 Å². The largest absolute Gasteiger partial charge is 0.480 e. The van der Waals surface area contributed by atoms with E-state index < -0.39 is 54.0 Å². The first-order valence-corrected chi connectivity index (χ1v) is 12.1. The van der Waals surface area contributed by atoms with Crippen LogP contribution in [0.25, 0.3) is 0 Å². The number of nitrogens with zero attached hydrogens (tertiary/aromatic N) is 2. The monoisotopic (exact) mass is 484 g/mol. The Bertz CT molecular complexity index is 820. The summed E-state index contributed by atoms with van der Waals surface area (Å²) in [4.78, 5) is 58.3. The lowest BCUT2D eigenvalue weighted by atomic mass is 10.1. The van der Waals surface area contributed by atoms with Gasteiger partial charge >= 0.3 is 5.97 Å². The van der Waals surface area contributed by atoms with Crippen molar-refractivity contribution in [1.29, 1.82) is 0 Å². The predicted octanol–water partition coefficient (Wildman–Crippen LogP) is -1.54. The minimum Gasteiger partial charge on any atom is -0.480 e. The molecule has 1 saturated heterocycles. The number of carboxylic acid groups (broad SMARTS) is 1. The number of carboxylic acids is 1. The average Bonchev–Trinajstić information content (AvgIpc) is 3.46. The third-order valence-electron chi connectivity index (χ3n) is 5.48. The van der Waals surface area contributed by atoms with Crippen LogP contribution in [-0.4, -0.2) is 97.6 Å². The van der Waals surface area contributed by atoms with E-state index in [1.54, 1.807) is 0 Å². The molecule has 0 spiro atoms. The molecule has 33 heavy (non-hydrogen) atoms. The Balaban J connectivity index is 2.20. The summed E-state index contributed by atoms with van der Waals surface area (Å²) in [6, 6.07) is -4.20. The molecule has 1 aromatic rings.